The van der Waals surface area contributed by atoms with Crippen LogP contribution in [0.4, 0.5) is 5.13 Å². The van der Waals surface area contributed by atoms with E-state index >= 15 is 0 Å². The number of hydrogen-bond donors (Lipinski definition) is 1. The fourth-order valence-corrected chi connectivity index (χ4v) is 3.80. The van der Waals surface area contributed by atoms with E-state index in [-0.39, 0.29) is 12.3 Å². The zero-order chi connectivity index (χ0) is 18.4. The smallest absolute Gasteiger partial charge is 0.227 e. The van der Waals surface area contributed by atoms with Crippen molar-refractivity contribution in [2.24, 2.45) is 0 Å². The van der Waals surface area contributed by atoms with Gasteiger partial charge in [-0.1, -0.05) is 46.8 Å². The molecule has 0 aliphatic rings. The second-order valence-electron chi connectivity index (χ2n) is 5.29. The SMILES string of the molecule is CCCSc1nnc(NC(=O)CCc2nc(-c3ccc(Cl)cc3)no2)s1. The molecule has 0 unspecified atom stereocenters. The van der Waals surface area contributed by atoms with Crippen LogP contribution in [0.1, 0.15) is 25.7 Å². The Morgan fingerprint density at radius 2 is 2.12 bits per heavy atom. The molecule has 0 aliphatic heterocycles. The van der Waals surface area contributed by atoms with Crippen molar-refractivity contribution < 1.29 is 9.32 Å². The molecule has 0 atom stereocenters. The lowest BCUT2D eigenvalue weighted by atomic mass is 10.2. The van der Waals surface area contributed by atoms with Gasteiger partial charge < -0.3 is 9.84 Å². The number of aromatic nitrogens is 4. The standard InChI is InChI=1S/C16H16ClN5O2S2/c1-2-9-25-16-21-20-15(26-16)18-12(23)7-8-13-19-14(22-24-13)10-3-5-11(17)6-4-10/h3-6H,2,7-9H2,1H3,(H,18,20,23). The van der Waals surface area contributed by atoms with E-state index in [0.717, 1.165) is 22.1 Å². The van der Waals surface area contributed by atoms with Crippen molar-refractivity contribution >= 4 is 45.7 Å². The summed E-state index contributed by atoms with van der Waals surface area (Å²) >= 11 is 8.87. The number of nitrogens with one attached hydrogen (secondary N) is 1. The third-order valence-electron chi connectivity index (χ3n) is 3.22. The number of carbonyl (C=O) groups is 1. The summed E-state index contributed by atoms with van der Waals surface area (Å²) in [5.74, 6) is 1.69. The minimum atomic E-state index is -0.167. The molecule has 0 aliphatic carbocycles. The molecule has 1 amide bonds. The highest BCUT2D eigenvalue weighted by Crippen LogP contribution is 2.26. The van der Waals surface area contributed by atoms with Gasteiger partial charge in [-0.15, -0.1) is 10.2 Å². The molecule has 7 nitrogen and oxygen atoms in total. The Labute approximate surface area is 163 Å². The first-order valence-electron chi connectivity index (χ1n) is 7.98. The van der Waals surface area contributed by atoms with Gasteiger partial charge in [0.1, 0.15) is 0 Å². The first kappa shape index (κ1) is 18.8. The van der Waals surface area contributed by atoms with Crippen LogP contribution in [0.25, 0.3) is 11.4 Å². The number of halogens is 1. The predicted octanol–water partition coefficient (Wildman–Crippen LogP) is 4.31. The number of thioether (sulfide) groups is 1. The van der Waals surface area contributed by atoms with E-state index in [9.17, 15) is 4.79 Å². The summed E-state index contributed by atoms with van der Waals surface area (Å²) in [6, 6.07) is 7.14. The summed E-state index contributed by atoms with van der Waals surface area (Å²) in [5.41, 5.74) is 0.805. The molecular weight excluding hydrogens is 394 g/mol. The van der Waals surface area contributed by atoms with Gasteiger partial charge in [0.2, 0.25) is 22.8 Å². The topological polar surface area (TPSA) is 93.8 Å². The zero-order valence-electron chi connectivity index (χ0n) is 13.9. The van der Waals surface area contributed by atoms with Crippen molar-refractivity contribution in [3.05, 3.63) is 35.2 Å². The number of rotatable bonds is 8. The normalized spacial score (nSPS) is 10.8. The van der Waals surface area contributed by atoms with Crippen molar-refractivity contribution in [2.75, 3.05) is 11.1 Å². The number of nitrogens with zero attached hydrogens (tertiary/aromatic N) is 4. The molecule has 2 aromatic heterocycles. The zero-order valence-corrected chi connectivity index (χ0v) is 16.3. The van der Waals surface area contributed by atoms with E-state index in [2.05, 4.69) is 32.6 Å². The molecule has 26 heavy (non-hydrogen) atoms. The molecule has 0 radical (unpaired) electrons. The first-order valence-corrected chi connectivity index (χ1v) is 10.2. The Morgan fingerprint density at radius 1 is 1.31 bits per heavy atom. The Balaban J connectivity index is 1.50. The molecule has 0 saturated heterocycles. The van der Waals surface area contributed by atoms with E-state index in [1.165, 1.54) is 11.3 Å². The molecule has 136 valence electrons. The van der Waals surface area contributed by atoms with Crippen molar-refractivity contribution in [1.29, 1.82) is 0 Å². The lowest BCUT2D eigenvalue weighted by Crippen LogP contribution is -2.12. The third-order valence-corrected chi connectivity index (χ3v) is 5.65. The van der Waals surface area contributed by atoms with Gasteiger partial charge in [-0.2, -0.15) is 4.98 Å². The van der Waals surface area contributed by atoms with Gasteiger partial charge in [-0.05, 0) is 30.7 Å². The molecule has 1 aromatic carbocycles. The summed E-state index contributed by atoms with van der Waals surface area (Å²) in [5, 5.41) is 15.8. The minimum absolute atomic E-state index is 0.167. The van der Waals surface area contributed by atoms with Crippen LogP contribution in [0.3, 0.4) is 0 Å². The minimum Gasteiger partial charge on any atom is -0.339 e. The summed E-state index contributed by atoms with van der Waals surface area (Å²) in [7, 11) is 0. The van der Waals surface area contributed by atoms with Gasteiger partial charge in [-0.25, -0.2) is 0 Å². The van der Waals surface area contributed by atoms with Crippen LogP contribution in [-0.2, 0) is 11.2 Å². The lowest BCUT2D eigenvalue weighted by molar-refractivity contribution is -0.116. The molecule has 2 heterocycles. The van der Waals surface area contributed by atoms with E-state index in [1.54, 1.807) is 23.9 Å². The van der Waals surface area contributed by atoms with Gasteiger partial charge in [0, 0.05) is 29.2 Å². The number of hydrogen-bond acceptors (Lipinski definition) is 8. The summed E-state index contributed by atoms with van der Waals surface area (Å²) in [6.45, 7) is 2.10. The number of carbonyl (C=O) groups excluding carboxylic acids is 1. The Kier molecular flexibility index (Phi) is 6.59. The average molecular weight is 410 g/mol. The number of anilines is 1. The maximum Gasteiger partial charge on any atom is 0.227 e. The highest BCUT2D eigenvalue weighted by molar-refractivity contribution is 8.01. The fourth-order valence-electron chi connectivity index (χ4n) is 1.98. The second kappa shape index (κ2) is 9.11. The number of benzene rings is 1. The van der Waals surface area contributed by atoms with Crippen molar-refractivity contribution in [3.8, 4) is 11.4 Å². The fraction of sp³-hybridized carbons (Fsp3) is 0.312. The van der Waals surface area contributed by atoms with E-state index < -0.39 is 0 Å². The monoisotopic (exact) mass is 409 g/mol. The average Bonchev–Trinajstić information content (AvgIpc) is 3.28. The Bertz CT molecular complexity index is 866. The quantitative estimate of drug-likeness (QED) is 0.437. The van der Waals surface area contributed by atoms with E-state index in [4.69, 9.17) is 16.1 Å². The third kappa shape index (κ3) is 5.26. The van der Waals surface area contributed by atoms with Gasteiger partial charge in [0.05, 0.1) is 0 Å². The van der Waals surface area contributed by atoms with Crippen LogP contribution in [0.2, 0.25) is 5.02 Å². The van der Waals surface area contributed by atoms with Crippen molar-refractivity contribution in [1.82, 2.24) is 20.3 Å². The molecule has 0 bridgehead atoms. The van der Waals surface area contributed by atoms with Crippen LogP contribution in [0.5, 0.6) is 0 Å². The molecule has 1 N–H and O–H groups in total. The maximum atomic E-state index is 12.0. The summed E-state index contributed by atoms with van der Waals surface area (Å²) < 4.78 is 6.05. The molecule has 0 saturated carbocycles. The molecule has 3 aromatic rings. The molecular formula is C16H16ClN5O2S2. The van der Waals surface area contributed by atoms with Gasteiger partial charge in [-0.3, -0.25) is 4.79 Å². The van der Waals surface area contributed by atoms with Gasteiger partial charge in [0.15, 0.2) is 4.34 Å². The second-order valence-corrected chi connectivity index (χ2v) is 8.04. The van der Waals surface area contributed by atoms with Crippen LogP contribution >= 0.6 is 34.7 Å². The highest BCUT2D eigenvalue weighted by Gasteiger charge is 2.12. The molecule has 0 fully saturated rings. The van der Waals surface area contributed by atoms with Crippen LogP contribution in [0.15, 0.2) is 33.1 Å². The van der Waals surface area contributed by atoms with Gasteiger partial charge >= 0.3 is 0 Å². The molecule has 3 rings (SSSR count). The maximum absolute atomic E-state index is 12.0. The Hall–Kier alpha value is -1.97. The van der Waals surface area contributed by atoms with E-state index in [1.807, 2.05) is 12.1 Å². The summed E-state index contributed by atoms with van der Waals surface area (Å²) in [6.07, 6.45) is 1.63. The first-order chi connectivity index (χ1) is 12.6. The highest BCUT2D eigenvalue weighted by atomic mass is 35.5. The summed E-state index contributed by atoms with van der Waals surface area (Å²) in [4.78, 5) is 16.3. The largest absolute Gasteiger partial charge is 0.339 e. The van der Waals surface area contributed by atoms with Crippen molar-refractivity contribution in [3.63, 3.8) is 0 Å². The van der Waals surface area contributed by atoms with Crippen LogP contribution in [-0.4, -0.2) is 32.0 Å². The number of aryl methyl sites for hydroxylation is 1. The lowest BCUT2D eigenvalue weighted by Gasteiger charge is -1.98. The van der Waals surface area contributed by atoms with Gasteiger partial charge in [0.25, 0.3) is 0 Å². The van der Waals surface area contributed by atoms with Crippen molar-refractivity contribution in [2.45, 2.75) is 30.5 Å². The van der Waals surface area contributed by atoms with E-state index in [0.29, 0.717) is 28.3 Å². The molecule has 0 spiro atoms. The number of amides is 1. The molecule has 10 heteroatoms. The Morgan fingerprint density at radius 3 is 2.88 bits per heavy atom. The van der Waals surface area contributed by atoms with Crippen LogP contribution < -0.4 is 5.32 Å². The van der Waals surface area contributed by atoms with Crippen LogP contribution in [0, 0.1) is 0 Å². The predicted molar refractivity (Wildman–Crippen MR) is 103 cm³/mol.